The number of fused-ring (bicyclic) bond motifs is 3. The first-order chi connectivity index (χ1) is 15.7. The maximum Gasteiger partial charge on any atom is 0.282 e. The van der Waals surface area contributed by atoms with Crippen LogP contribution in [0.15, 0.2) is 78.0 Å². The number of halogens is 1. The second kappa shape index (κ2) is 7.30. The fraction of sp³-hybridized carbons (Fsp3) is 0.160. The zero-order chi connectivity index (χ0) is 21.7. The van der Waals surface area contributed by atoms with E-state index in [1.165, 1.54) is 16.4 Å². The van der Waals surface area contributed by atoms with E-state index in [0.29, 0.717) is 17.8 Å². The lowest BCUT2D eigenvalue weighted by Crippen LogP contribution is -2.17. The second-order valence-corrected chi connectivity index (χ2v) is 8.08. The van der Waals surface area contributed by atoms with E-state index < -0.39 is 5.82 Å². The van der Waals surface area contributed by atoms with Crippen molar-refractivity contribution in [2.45, 2.75) is 25.8 Å². The van der Waals surface area contributed by atoms with Gasteiger partial charge in [0, 0.05) is 30.8 Å². The van der Waals surface area contributed by atoms with Gasteiger partial charge in [-0.1, -0.05) is 24.3 Å². The molecule has 0 radical (unpaired) electrons. The van der Waals surface area contributed by atoms with Gasteiger partial charge in [0.2, 0.25) is 0 Å². The highest BCUT2D eigenvalue weighted by Gasteiger charge is 2.27. The van der Waals surface area contributed by atoms with Crippen LogP contribution in [-0.4, -0.2) is 24.1 Å². The van der Waals surface area contributed by atoms with Crippen LogP contribution in [0.4, 0.5) is 4.39 Å². The maximum atomic E-state index is 14.3. The molecule has 2 aliphatic heterocycles. The van der Waals surface area contributed by atoms with Gasteiger partial charge in [0.25, 0.3) is 5.56 Å². The Hall–Kier alpha value is -4.00. The molecule has 0 N–H and O–H groups in total. The molecule has 1 aliphatic carbocycles. The fourth-order valence-corrected chi connectivity index (χ4v) is 4.59. The van der Waals surface area contributed by atoms with E-state index in [1.807, 2.05) is 35.3 Å². The van der Waals surface area contributed by atoms with Crippen molar-refractivity contribution < 1.29 is 4.39 Å². The average Bonchev–Trinajstić information content (AvgIpc) is 3.56. The number of hydrogen-bond acceptors (Lipinski definition) is 3. The van der Waals surface area contributed by atoms with Crippen molar-refractivity contribution in [2.75, 3.05) is 0 Å². The summed E-state index contributed by atoms with van der Waals surface area (Å²) in [6.07, 6.45) is 8.38. The highest BCUT2D eigenvalue weighted by Crippen LogP contribution is 2.32. The molecule has 6 nitrogen and oxygen atoms in total. The van der Waals surface area contributed by atoms with Gasteiger partial charge in [0.1, 0.15) is 17.2 Å². The van der Waals surface area contributed by atoms with Gasteiger partial charge >= 0.3 is 0 Å². The zero-order valence-corrected chi connectivity index (χ0v) is 17.3. The third-order valence-corrected chi connectivity index (χ3v) is 6.12. The molecule has 158 valence electrons. The summed E-state index contributed by atoms with van der Waals surface area (Å²) < 4.78 is 19.5. The highest BCUT2D eigenvalue weighted by molar-refractivity contribution is 5.66. The molecule has 3 aromatic rings. The van der Waals surface area contributed by atoms with Gasteiger partial charge in [0.15, 0.2) is 0 Å². The van der Waals surface area contributed by atoms with Crippen molar-refractivity contribution in [3.8, 4) is 22.6 Å². The number of hydrogen-bond donors (Lipinski definition) is 0. The quantitative estimate of drug-likeness (QED) is 0.437. The van der Waals surface area contributed by atoms with E-state index >= 15 is 0 Å². The van der Waals surface area contributed by atoms with E-state index in [0.717, 1.165) is 36.1 Å². The Kier molecular flexibility index (Phi) is 4.28. The number of benzene rings is 2. The summed E-state index contributed by atoms with van der Waals surface area (Å²) in [5.41, 5.74) is 5.54. The Labute approximate surface area is 183 Å². The summed E-state index contributed by atoms with van der Waals surface area (Å²) >= 11 is 0. The Morgan fingerprint density at radius 1 is 1.00 bits per heavy atom. The summed E-state index contributed by atoms with van der Waals surface area (Å²) in [4.78, 5) is 13.2. The molecule has 3 aliphatic rings. The lowest BCUT2D eigenvalue weighted by Gasteiger charge is -2.16. The number of rotatable bonds is 4. The van der Waals surface area contributed by atoms with Crippen LogP contribution in [0.3, 0.4) is 0 Å². The second-order valence-electron chi connectivity index (χ2n) is 8.08. The molecule has 0 unspecified atom stereocenters. The molecule has 6 rings (SSSR count). The Balaban J connectivity index is 1.43. The van der Waals surface area contributed by atoms with Gasteiger partial charge in [-0.25, -0.2) is 9.07 Å². The molecule has 0 atom stereocenters. The van der Waals surface area contributed by atoms with Gasteiger partial charge in [-0.3, -0.25) is 4.79 Å². The minimum Gasteiger partial charge on any atom is -0.346 e. The molecule has 2 aromatic carbocycles. The van der Waals surface area contributed by atoms with E-state index in [-0.39, 0.29) is 11.2 Å². The maximum absolute atomic E-state index is 14.3. The number of para-hydroxylation sites is 1. The highest BCUT2D eigenvalue weighted by atomic mass is 19.1. The van der Waals surface area contributed by atoms with Crippen molar-refractivity contribution in [1.82, 2.24) is 24.1 Å². The molecule has 0 amide bonds. The van der Waals surface area contributed by atoms with Gasteiger partial charge < -0.3 is 4.57 Å². The molecule has 1 aromatic heterocycles. The van der Waals surface area contributed by atoms with E-state index in [2.05, 4.69) is 26.9 Å². The Morgan fingerprint density at radius 2 is 1.84 bits per heavy atom. The lowest BCUT2D eigenvalue weighted by molar-refractivity contribution is 0.609. The van der Waals surface area contributed by atoms with Crippen LogP contribution in [0, 0.1) is 5.82 Å². The molecule has 32 heavy (non-hydrogen) atoms. The van der Waals surface area contributed by atoms with Gasteiger partial charge in [-0.15, -0.1) is 0 Å². The molecule has 3 heterocycles. The Bertz CT molecular complexity index is 1450. The van der Waals surface area contributed by atoms with Crippen molar-refractivity contribution in [3.63, 3.8) is 0 Å². The largest absolute Gasteiger partial charge is 0.346 e. The molecule has 7 heteroatoms. The molecular formula is C25H20FN5O. The fourth-order valence-electron chi connectivity index (χ4n) is 4.59. The summed E-state index contributed by atoms with van der Waals surface area (Å²) in [6, 6.07) is 16.4. The topological polar surface area (TPSA) is 57.6 Å². The molecule has 0 saturated carbocycles. The van der Waals surface area contributed by atoms with E-state index in [9.17, 15) is 9.18 Å². The monoisotopic (exact) mass is 425 g/mol. The minimum atomic E-state index is -0.459. The van der Waals surface area contributed by atoms with Gasteiger partial charge in [0.05, 0.1) is 11.3 Å². The first-order valence-corrected chi connectivity index (χ1v) is 10.7. The summed E-state index contributed by atoms with van der Waals surface area (Å²) in [5, 5.41) is 8.81. The third kappa shape index (κ3) is 2.97. The van der Waals surface area contributed by atoms with Crippen molar-refractivity contribution >= 4 is 0 Å². The smallest absolute Gasteiger partial charge is 0.282 e. The van der Waals surface area contributed by atoms with Crippen LogP contribution in [0.1, 0.15) is 23.2 Å². The zero-order valence-electron chi connectivity index (χ0n) is 17.3. The number of pyridine rings is 1. The van der Waals surface area contributed by atoms with Crippen LogP contribution in [0.25, 0.3) is 22.6 Å². The predicted octanol–water partition coefficient (Wildman–Crippen LogP) is 4.00. The number of nitrogens with zero attached hydrogens (tertiary/aromatic N) is 5. The summed E-state index contributed by atoms with van der Waals surface area (Å²) in [5.74, 6) is -0.459. The lowest BCUT2D eigenvalue weighted by atomic mass is 10.1. The normalized spacial score (nSPS) is 13.0. The van der Waals surface area contributed by atoms with Crippen molar-refractivity contribution in [1.29, 1.82) is 0 Å². The summed E-state index contributed by atoms with van der Waals surface area (Å²) in [7, 11) is 0. The van der Waals surface area contributed by atoms with Crippen molar-refractivity contribution in [3.05, 3.63) is 106 Å². The SMILES string of the molecule is O=c1c2cn(Cc3ccc(-n4cccn4)cc3)c3c(c-2nn1-c1ccccc1F)CCC3. The predicted molar refractivity (Wildman–Crippen MR) is 119 cm³/mol. The summed E-state index contributed by atoms with van der Waals surface area (Å²) in [6.45, 7) is 0.655. The molecule has 0 fully saturated rings. The third-order valence-electron chi connectivity index (χ3n) is 6.12. The first kappa shape index (κ1) is 18.7. The Morgan fingerprint density at radius 3 is 2.62 bits per heavy atom. The van der Waals surface area contributed by atoms with Gasteiger partial charge in [-0.05, 0) is 60.7 Å². The average molecular weight is 425 g/mol. The standard InChI is InChI=1S/C25H20FN5O/c26-21-6-1-2-7-23(21)31-25(32)20-16-29(22-8-3-5-19(22)24(20)28-31)15-17-9-11-18(12-10-17)30-14-4-13-27-30/h1-2,4,6-7,9-14,16H,3,5,8,15H2. The number of aromatic nitrogens is 5. The van der Waals surface area contributed by atoms with Crippen molar-refractivity contribution in [2.24, 2.45) is 0 Å². The molecule has 0 saturated heterocycles. The van der Waals surface area contributed by atoms with Crippen LogP contribution in [0.5, 0.6) is 0 Å². The molecular weight excluding hydrogens is 405 g/mol. The minimum absolute atomic E-state index is 0.182. The van der Waals surface area contributed by atoms with Crippen LogP contribution >= 0.6 is 0 Å². The van der Waals surface area contributed by atoms with E-state index in [1.54, 1.807) is 24.4 Å². The molecule has 0 bridgehead atoms. The molecule has 0 spiro atoms. The van der Waals surface area contributed by atoms with Crippen LogP contribution < -0.4 is 5.56 Å². The van der Waals surface area contributed by atoms with Gasteiger partial charge in [-0.2, -0.15) is 14.9 Å². The first-order valence-electron chi connectivity index (χ1n) is 10.7. The van der Waals surface area contributed by atoms with Crippen LogP contribution in [0.2, 0.25) is 0 Å². The van der Waals surface area contributed by atoms with Crippen LogP contribution in [-0.2, 0) is 19.4 Å². The van der Waals surface area contributed by atoms with E-state index in [4.69, 9.17) is 0 Å².